The molecule has 6 nitrogen and oxygen atoms in total. The fraction of sp³-hybridized carbons (Fsp3) is 0.869. The lowest BCUT2D eigenvalue weighted by Gasteiger charge is -2.20. The molecule has 0 rings (SSSR count). The van der Waals surface area contributed by atoms with Gasteiger partial charge in [0.15, 0.2) is 0 Å². The minimum Gasteiger partial charge on any atom is -0.466 e. The van der Waals surface area contributed by atoms with Crippen LogP contribution in [0.3, 0.4) is 0 Å². The van der Waals surface area contributed by atoms with Crippen molar-refractivity contribution in [3.05, 3.63) is 36.5 Å². The zero-order chi connectivity index (χ0) is 48.6. The summed E-state index contributed by atoms with van der Waals surface area (Å²) in [6, 6.07) is -0.644. The molecule has 1 amide bonds. The quantitative estimate of drug-likeness (QED) is 0.0321. The number of ether oxygens (including phenoxy) is 1. The summed E-state index contributed by atoms with van der Waals surface area (Å²) in [4.78, 5) is 24.6. The van der Waals surface area contributed by atoms with Crippen molar-refractivity contribution in [1.29, 1.82) is 0 Å². The Morgan fingerprint density at radius 1 is 0.418 bits per heavy atom. The molecule has 0 aromatic rings. The molecule has 67 heavy (non-hydrogen) atoms. The predicted octanol–water partition coefficient (Wildman–Crippen LogP) is 18.4. The number of hydrogen-bond acceptors (Lipinski definition) is 5. The van der Waals surface area contributed by atoms with Gasteiger partial charge in [-0.3, -0.25) is 9.59 Å². The van der Waals surface area contributed by atoms with Gasteiger partial charge in [-0.15, -0.1) is 0 Å². The number of aliphatic hydroxyl groups is 2. The van der Waals surface area contributed by atoms with Gasteiger partial charge in [-0.1, -0.05) is 275 Å². The van der Waals surface area contributed by atoms with E-state index in [4.69, 9.17) is 4.74 Å². The molecule has 0 bridgehead atoms. The van der Waals surface area contributed by atoms with Crippen molar-refractivity contribution >= 4 is 11.9 Å². The number of amides is 1. The van der Waals surface area contributed by atoms with Crippen LogP contribution < -0.4 is 5.32 Å². The SMILES string of the molecule is CCCCCC/C=C\C/C=C\CCCCCCCC(=O)OCCCCCCCCCCCCCC(=O)NC(CO)C(O)/C=C/CCCCCCCCCCCCCCCCCCCCCCC. The summed E-state index contributed by atoms with van der Waals surface area (Å²) in [7, 11) is 0. The van der Waals surface area contributed by atoms with Crippen molar-refractivity contribution in [2.24, 2.45) is 0 Å². The number of esters is 1. The fourth-order valence-electron chi connectivity index (χ4n) is 9.08. The highest BCUT2D eigenvalue weighted by Gasteiger charge is 2.18. The standard InChI is InChI=1S/C61H115NO5/c1-3-5-7-9-11-13-15-17-19-21-22-23-24-25-26-27-28-30-33-37-41-45-49-53-59(64)58(57-63)62-60(65)54-50-46-42-38-34-32-36-40-44-48-52-56-67-61(66)55-51-47-43-39-35-31-29-20-18-16-14-12-10-8-6-4-2/h14,16,20,29,49,53,58-59,63-64H,3-13,15,17-19,21-28,30-48,50-52,54-57H2,1-2H3,(H,62,65)/b16-14-,29-20-,53-49+. The van der Waals surface area contributed by atoms with Crippen LogP contribution in [-0.4, -0.2) is 47.4 Å². The molecule has 0 aliphatic heterocycles. The molecule has 0 aromatic carbocycles. The van der Waals surface area contributed by atoms with E-state index in [1.807, 2.05) is 6.08 Å². The molecule has 3 N–H and O–H groups in total. The van der Waals surface area contributed by atoms with E-state index in [-0.39, 0.29) is 18.5 Å². The van der Waals surface area contributed by atoms with Crippen LogP contribution in [0.4, 0.5) is 0 Å². The maximum absolute atomic E-state index is 12.5. The number of carbonyl (C=O) groups is 2. The number of unbranched alkanes of at least 4 members (excludes halogenated alkanes) is 40. The van der Waals surface area contributed by atoms with Crippen LogP contribution in [-0.2, 0) is 14.3 Å². The van der Waals surface area contributed by atoms with Gasteiger partial charge in [0.1, 0.15) is 0 Å². The first kappa shape index (κ1) is 65.1. The Kier molecular flexibility index (Phi) is 55.0. The minimum absolute atomic E-state index is 0.0284. The first-order valence-corrected chi connectivity index (χ1v) is 29.8. The van der Waals surface area contributed by atoms with Gasteiger partial charge in [0.25, 0.3) is 0 Å². The van der Waals surface area contributed by atoms with Crippen LogP contribution in [0, 0.1) is 0 Å². The topological polar surface area (TPSA) is 95.9 Å². The maximum Gasteiger partial charge on any atom is 0.305 e. The van der Waals surface area contributed by atoms with Crippen molar-refractivity contribution in [2.45, 2.75) is 328 Å². The molecule has 6 heteroatoms. The van der Waals surface area contributed by atoms with Crippen molar-refractivity contribution in [2.75, 3.05) is 13.2 Å². The van der Waals surface area contributed by atoms with E-state index in [1.165, 1.54) is 218 Å². The van der Waals surface area contributed by atoms with E-state index in [0.29, 0.717) is 19.4 Å². The highest BCUT2D eigenvalue weighted by atomic mass is 16.5. The molecule has 394 valence electrons. The number of rotatable bonds is 55. The summed E-state index contributed by atoms with van der Waals surface area (Å²) < 4.78 is 5.46. The second-order valence-electron chi connectivity index (χ2n) is 20.3. The minimum atomic E-state index is -0.859. The van der Waals surface area contributed by atoms with Gasteiger partial charge < -0.3 is 20.3 Å². The van der Waals surface area contributed by atoms with Crippen LogP contribution in [0.5, 0.6) is 0 Å². The van der Waals surface area contributed by atoms with Gasteiger partial charge in [0, 0.05) is 12.8 Å². The normalized spacial score (nSPS) is 12.8. The van der Waals surface area contributed by atoms with E-state index in [2.05, 4.69) is 43.5 Å². The summed E-state index contributed by atoms with van der Waals surface area (Å²) >= 11 is 0. The number of allylic oxidation sites excluding steroid dienone is 5. The summed E-state index contributed by atoms with van der Waals surface area (Å²) in [6.07, 6.45) is 70.2. The smallest absolute Gasteiger partial charge is 0.305 e. The Morgan fingerprint density at radius 3 is 1.15 bits per heavy atom. The lowest BCUT2D eigenvalue weighted by molar-refractivity contribution is -0.143. The maximum atomic E-state index is 12.5. The third kappa shape index (κ3) is 53.3. The monoisotopic (exact) mass is 942 g/mol. The first-order chi connectivity index (χ1) is 33.0. The molecule has 0 aliphatic carbocycles. The third-order valence-corrected chi connectivity index (χ3v) is 13.7. The summed E-state index contributed by atoms with van der Waals surface area (Å²) in [5.41, 5.74) is 0. The van der Waals surface area contributed by atoms with E-state index in [0.717, 1.165) is 70.6 Å². The molecule has 0 saturated carbocycles. The Hall–Kier alpha value is -1.92. The second-order valence-corrected chi connectivity index (χ2v) is 20.3. The van der Waals surface area contributed by atoms with Gasteiger partial charge in [-0.2, -0.15) is 0 Å². The van der Waals surface area contributed by atoms with Crippen molar-refractivity contribution in [1.82, 2.24) is 5.32 Å². The van der Waals surface area contributed by atoms with Gasteiger partial charge >= 0.3 is 5.97 Å². The van der Waals surface area contributed by atoms with E-state index in [1.54, 1.807) is 6.08 Å². The molecular formula is C61H115NO5. The molecule has 0 fully saturated rings. The summed E-state index contributed by atoms with van der Waals surface area (Å²) in [5, 5.41) is 23.2. The van der Waals surface area contributed by atoms with E-state index < -0.39 is 12.1 Å². The third-order valence-electron chi connectivity index (χ3n) is 13.7. The van der Waals surface area contributed by atoms with Crippen LogP contribution >= 0.6 is 0 Å². The summed E-state index contributed by atoms with van der Waals surface area (Å²) in [5.74, 6) is -0.114. The van der Waals surface area contributed by atoms with Gasteiger partial charge in [-0.25, -0.2) is 0 Å². The molecule has 2 atom stereocenters. The number of aliphatic hydroxyl groups excluding tert-OH is 2. The lowest BCUT2D eigenvalue weighted by atomic mass is 10.0. The van der Waals surface area contributed by atoms with Gasteiger partial charge in [-0.05, 0) is 64.2 Å². The Labute approximate surface area is 417 Å². The zero-order valence-corrected chi connectivity index (χ0v) is 44.9. The van der Waals surface area contributed by atoms with E-state index >= 15 is 0 Å². The predicted molar refractivity (Wildman–Crippen MR) is 292 cm³/mol. The van der Waals surface area contributed by atoms with Crippen molar-refractivity contribution in [3.63, 3.8) is 0 Å². The lowest BCUT2D eigenvalue weighted by Crippen LogP contribution is -2.45. The van der Waals surface area contributed by atoms with Crippen molar-refractivity contribution in [3.8, 4) is 0 Å². The molecule has 0 heterocycles. The molecule has 0 radical (unpaired) electrons. The van der Waals surface area contributed by atoms with Crippen LogP contribution in [0.1, 0.15) is 316 Å². The average Bonchev–Trinajstić information content (AvgIpc) is 3.33. The van der Waals surface area contributed by atoms with Crippen LogP contribution in [0.25, 0.3) is 0 Å². The summed E-state index contributed by atoms with van der Waals surface area (Å²) in [6.45, 7) is 4.85. The van der Waals surface area contributed by atoms with Crippen LogP contribution in [0.2, 0.25) is 0 Å². The zero-order valence-electron chi connectivity index (χ0n) is 44.9. The highest BCUT2D eigenvalue weighted by Crippen LogP contribution is 2.17. The largest absolute Gasteiger partial charge is 0.466 e. The molecular weight excluding hydrogens is 827 g/mol. The van der Waals surface area contributed by atoms with Gasteiger partial charge in [0.2, 0.25) is 5.91 Å². The fourth-order valence-corrected chi connectivity index (χ4v) is 9.08. The van der Waals surface area contributed by atoms with Gasteiger partial charge in [0.05, 0.1) is 25.4 Å². The first-order valence-electron chi connectivity index (χ1n) is 29.8. The Bertz CT molecular complexity index is 1090. The molecule has 0 aliphatic rings. The number of nitrogens with one attached hydrogen (secondary N) is 1. The van der Waals surface area contributed by atoms with Crippen molar-refractivity contribution < 1.29 is 24.5 Å². The average molecular weight is 943 g/mol. The number of carbonyl (C=O) groups excluding carboxylic acids is 2. The molecule has 0 spiro atoms. The highest BCUT2D eigenvalue weighted by molar-refractivity contribution is 5.76. The number of hydrogen-bond donors (Lipinski definition) is 3. The van der Waals surface area contributed by atoms with Crippen LogP contribution in [0.15, 0.2) is 36.5 Å². The Balaban J connectivity index is 3.51. The molecule has 0 saturated heterocycles. The second kappa shape index (κ2) is 56.7. The van der Waals surface area contributed by atoms with E-state index in [9.17, 15) is 19.8 Å². The Morgan fingerprint density at radius 2 is 0.746 bits per heavy atom. The molecule has 0 aromatic heterocycles. The molecule has 2 unspecified atom stereocenters.